The largest absolute Gasteiger partial charge is 0.387 e. The highest BCUT2D eigenvalue weighted by molar-refractivity contribution is 7.99. The summed E-state index contributed by atoms with van der Waals surface area (Å²) in [6, 6.07) is 0. The van der Waals surface area contributed by atoms with Gasteiger partial charge in [-0.05, 0) is 11.7 Å². The highest BCUT2D eigenvalue weighted by Crippen LogP contribution is 2.06. The number of rotatable bonds is 7. The molecule has 0 saturated heterocycles. The monoisotopic (exact) mass is 204 g/mol. The fourth-order valence-electron chi connectivity index (χ4n) is 0.725. The van der Waals surface area contributed by atoms with Crippen LogP contribution < -0.4 is 5.73 Å². The Balaban J connectivity index is 3.38. The van der Waals surface area contributed by atoms with Gasteiger partial charge in [0.1, 0.15) is 5.84 Å². The van der Waals surface area contributed by atoms with Crippen LogP contribution in [-0.4, -0.2) is 37.6 Å². The van der Waals surface area contributed by atoms with Crippen LogP contribution in [0.3, 0.4) is 0 Å². The maximum absolute atomic E-state index is 5.67. The lowest BCUT2D eigenvalue weighted by Gasteiger charge is -2.03. The SMILES string of the molecule is COCCN=C(N)CSCC(C)C. The second-order valence-electron chi connectivity index (χ2n) is 3.27. The maximum atomic E-state index is 5.67. The van der Waals surface area contributed by atoms with Gasteiger partial charge >= 0.3 is 0 Å². The van der Waals surface area contributed by atoms with Crippen molar-refractivity contribution in [1.82, 2.24) is 0 Å². The fourth-order valence-corrected chi connectivity index (χ4v) is 1.62. The number of thioether (sulfide) groups is 1. The normalized spacial score (nSPS) is 12.5. The molecule has 0 saturated carbocycles. The average molecular weight is 204 g/mol. The van der Waals surface area contributed by atoms with Crippen LogP contribution in [0.5, 0.6) is 0 Å². The second-order valence-corrected chi connectivity index (χ2v) is 4.31. The van der Waals surface area contributed by atoms with Crippen LogP contribution >= 0.6 is 11.8 Å². The summed E-state index contributed by atoms with van der Waals surface area (Å²) in [7, 11) is 1.67. The fraction of sp³-hybridized carbons (Fsp3) is 0.889. The zero-order valence-electron chi connectivity index (χ0n) is 8.75. The lowest BCUT2D eigenvalue weighted by Crippen LogP contribution is -2.16. The Bertz CT molecular complexity index is 149. The van der Waals surface area contributed by atoms with Crippen molar-refractivity contribution in [3.8, 4) is 0 Å². The van der Waals surface area contributed by atoms with Crippen LogP contribution in [0.2, 0.25) is 0 Å². The van der Waals surface area contributed by atoms with Gasteiger partial charge in [-0.1, -0.05) is 13.8 Å². The molecule has 0 rings (SSSR count). The van der Waals surface area contributed by atoms with Crippen LogP contribution in [0.4, 0.5) is 0 Å². The van der Waals surface area contributed by atoms with E-state index in [1.165, 1.54) is 0 Å². The summed E-state index contributed by atoms with van der Waals surface area (Å²) in [5, 5.41) is 0. The van der Waals surface area contributed by atoms with Crippen LogP contribution in [0, 0.1) is 5.92 Å². The first-order valence-corrected chi connectivity index (χ1v) is 5.67. The summed E-state index contributed by atoms with van der Waals surface area (Å²) >= 11 is 1.83. The van der Waals surface area contributed by atoms with Crippen LogP contribution in [0.25, 0.3) is 0 Å². The average Bonchev–Trinajstić information content (AvgIpc) is 2.04. The minimum atomic E-state index is 0.648. The Morgan fingerprint density at radius 1 is 1.54 bits per heavy atom. The third-order valence-electron chi connectivity index (χ3n) is 1.31. The van der Waals surface area contributed by atoms with Crippen LogP contribution in [-0.2, 0) is 4.74 Å². The molecule has 3 nitrogen and oxygen atoms in total. The Morgan fingerprint density at radius 2 is 2.23 bits per heavy atom. The molecule has 0 unspecified atom stereocenters. The molecule has 4 heteroatoms. The number of hydrogen-bond acceptors (Lipinski definition) is 3. The van der Waals surface area contributed by atoms with E-state index in [2.05, 4.69) is 18.8 Å². The smallest absolute Gasteiger partial charge is 0.104 e. The third kappa shape index (κ3) is 9.70. The van der Waals surface area contributed by atoms with Gasteiger partial charge in [-0.15, -0.1) is 0 Å². The van der Waals surface area contributed by atoms with E-state index in [-0.39, 0.29) is 0 Å². The summed E-state index contributed by atoms with van der Waals surface area (Å²) in [6.45, 7) is 5.72. The molecule has 0 spiro atoms. The topological polar surface area (TPSA) is 47.6 Å². The lowest BCUT2D eigenvalue weighted by molar-refractivity contribution is 0.208. The van der Waals surface area contributed by atoms with Crippen molar-refractivity contribution in [3.63, 3.8) is 0 Å². The number of nitrogens with two attached hydrogens (primary N) is 1. The predicted octanol–water partition coefficient (Wildman–Crippen LogP) is 1.38. The molecular formula is C9H20N2OS. The molecule has 78 valence electrons. The van der Waals surface area contributed by atoms with Gasteiger partial charge in [0.25, 0.3) is 0 Å². The summed E-state index contributed by atoms with van der Waals surface area (Å²) in [4.78, 5) is 4.16. The Morgan fingerprint density at radius 3 is 2.77 bits per heavy atom. The van der Waals surface area contributed by atoms with Gasteiger partial charge in [0.05, 0.1) is 18.9 Å². The number of amidine groups is 1. The number of ether oxygens (including phenoxy) is 1. The second kappa shape index (κ2) is 8.38. The van der Waals surface area contributed by atoms with E-state index >= 15 is 0 Å². The van der Waals surface area contributed by atoms with E-state index < -0.39 is 0 Å². The highest BCUT2D eigenvalue weighted by atomic mass is 32.2. The standard InChI is InChI=1S/C9H20N2OS/c1-8(2)6-13-7-9(10)11-4-5-12-3/h8H,4-7H2,1-3H3,(H2,10,11). The lowest BCUT2D eigenvalue weighted by atomic mass is 10.3. The molecule has 0 heterocycles. The van der Waals surface area contributed by atoms with Crippen molar-refractivity contribution in [2.24, 2.45) is 16.6 Å². The summed E-state index contributed by atoms with van der Waals surface area (Å²) in [5.41, 5.74) is 5.67. The maximum Gasteiger partial charge on any atom is 0.104 e. The molecule has 0 aromatic carbocycles. The van der Waals surface area contributed by atoms with Gasteiger partial charge in [0.15, 0.2) is 0 Å². The molecule has 0 bridgehead atoms. The Labute approximate surface area is 85.1 Å². The molecule has 0 aromatic heterocycles. The number of methoxy groups -OCH3 is 1. The molecule has 0 aliphatic carbocycles. The first-order valence-electron chi connectivity index (χ1n) is 4.52. The quantitative estimate of drug-likeness (QED) is 0.387. The number of aliphatic imine (C=N–C) groups is 1. The van der Waals surface area contributed by atoms with Gasteiger partial charge < -0.3 is 10.5 Å². The molecule has 2 N–H and O–H groups in total. The zero-order valence-corrected chi connectivity index (χ0v) is 9.56. The van der Waals surface area contributed by atoms with Crippen molar-refractivity contribution >= 4 is 17.6 Å². The summed E-state index contributed by atoms with van der Waals surface area (Å²) in [6.07, 6.45) is 0. The van der Waals surface area contributed by atoms with E-state index in [0.29, 0.717) is 13.2 Å². The number of hydrogen-bond donors (Lipinski definition) is 1. The van der Waals surface area contributed by atoms with Gasteiger partial charge in [-0.3, -0.25) is 4.99 Å². The van der Waals surface area contributed by atoms with Gasteiger partial charge in [0, 0.05) is 7.11 Å². The van der Waals surface area contributed by atoms with Crippen molar-refractivity contribution < 1.29 is 4.74 Å². The predicted molar refractivity (Wildman–Crippen MR) is 60.5 cm³/mol. The van der Waals surface area contributed by atoms with E-state index in [9.17, 15) is 0 Å². The molecule has 0 aliphatic rings. The van der Waals surface area contributed by atoms with Gasteiger partial charge in [0.2, 0.25) is 0 Å². The molecule has 0 aromatic rings. The van der Waals surface area contributed by atoms with Crippen molar-refractivity contribution in [2.45, 2.75) is 13.8 Å². The van der Waals surface area contributed by atoms with Crippen LogP contribution in [0.1, 0.15) is 13.8 Å². The molecule has 0 amide bonds. The molecular weight excluding hydrogens is 184 g/mol. The van der Waals surface area contributed by atoms with Gasteiger partial charge in [-0.2, -0.15) is 11.8 Å². The molecule has 13 heavy (non-hydrogen) atoms. The highest BCUT2D eigenvalue weighted by Gasteiger charge is 1.96. The van der Waals surface area contributed by atoms with E-state index in [1.54, 1.807) is 7.11 Å². The third-order valence-corrected chi connectivity index (χ3v) is 2.71. The van der Waals surface area contributed by atoms with Crippen molar-refractivity contribution in [1.29, 1.82) is 0 Å². The van der Waals surface area contributed by atoms with Crippen molar-refractivity contribution in [3.05, 3.63) is 0 Å². The summed E-state index contributed by atoms with van der Waals surface area (Å²) < 4.78 is 4.87. The first kappa shape index (κ1) is 12.8. The van der Waals surface area contributed by atoms with Gasteiger partial charge in [-0.25, -0.2) is 0 Å². The van der Waals surface area contributed by atoms with E-state index in [0.717, 1.165) is 23.3 Å². The van der Waals surface area contributed by atoms with Crippen LogP contribution in [0.15, 0.2) is 4.99 Å². The molecule has 0 fully saturated rings. The summed E-state index contributed by atoms with van der Waals surface area (Å²) in [5.74, 6) is 3.42. The molecule has 0 atom stereocenters. The van der Waals surface area contributed by atoms with E-state index in [4.69, 9.17) is 10.5 Å². The number of nitrogens with zero attached hydrogens (tertiary/aromatic N) is 1. The Hall–Kier alpha value is -0.220. The first-order chi connectivity index (χ1) is 6.16. The minimum absolute atomic E-state index is 0.648. The van der Waals surface area contributed by atoms with Crippen molar-refractivity contribution in [2.75, 3.05) is 31.8 Å². The Kier molecular flexibility index (Phi) is 8.24. The molecule has 0 aliphatic heterocycles. The van der Waals surface area contributed by atoms with E-state index in [1.807, 2.05) is 11.8 Å². The zero-order chi connectivity index (χ0) is 10.1. The minimum Gasteiger partial charge on any atom is -0.387 e. The molecule has 0 radical (unpaired) electrons.